The standard InChI is InChI=1S/C20H23FN2O3/c1-26-18-10-4-8-16(19(18)24)20(25)22-15-7-5-11-23(13-15)12-14-6-2-3-9-17(14)21/h2-4,6,8-10,15,24H,5,7,11-13H2,1H3,(H,22,25)/t15-/m1/s1. The van der Waals surface area contributed by atoms with Crippen molar-refractivity contribution in [3.8, 4) is 11.5 Å². The Kier molecular flexibility index (Phi) is 5.73. The largest absolute Gasteiger partial charge is 0.504 e. The van der Waals surface area contributed by atoms with Crippen LogP contribution in [0.1, 0.15) is 28.8 Å². The lowest BCUT2D eigenvalue weighted by molar-refractivity contribution is 0.0897. The van der Waals surface area contributed by atoms with Gasteiger partial charge in [-0.2, -0.15) is 0 Å². The smallest absolute Gasteiger partial charge is 0.255 e. The maximum absolute atomic E-state index is 13.9. The highest BCUT2D eigenvalue weighted by Crippen LogP contribution is 2.29. The summed E-state index contributed by atoms with van der Waals surface area (Å²) in [5.74, 6) is -0.437. The van der Waals surface area contributed by atoms with Crippen molar-refractivity contribution in [2.45, 2.75) is 25.4 Å². The van der Waals surface area contributed by atoms with Crippen LogP contribution in [0.3, 0.4) is 0 Å². The minimum absolute atomic E-state index is 0.0476. The quantitative estimate of drug-likeness (QED) is 0.863. The molecule has 1 amide bonds. The van der Waals surface area contributed by atoms with E-state index >= 15 is 0 Å². The van der Waals surface area contributed by atoms with Gasteiger partial charge in [0.25, 0.3) is 5.91 Å². The van der Waals surface area contributed by atoms with Crippen molar-refractivity contribution in [3.05, 3.63) is 59.4 Å². The van der Waals surface area contributed by atoms with Crippen LogP contribution in [0.15, 0.2) is 42.5 Å². The van der Waals surface area contributed by atoms with Crippen LogP contribution in [0.4, 0.5) is 4.39 Å². The van der Waals surface area contributed by atoms with E-state index < -0.39 is 0 Å². The summed E-state index contributed by atoms with van der Waals surface area (Å²) in [6, 6.07) is 11.5. The zero-order chi connectivity index (χ0) is 18.5. The fourth-order valence-corrected chi connectivity index (χ4v) is 3.32. The molecule has 26 heavy (non-hydrogen) atoms. The molecule has 1 heterocycles. The molecule has 1 fully saturated rings. The predicted octanol–water partition coefficient (Wildman–Crippen LogP) is 2.93. The number of nitrogens with zero attached hydrogens (tertiary/aromatic N) is 1. The normalized spacial score (nSPS) is 17.7. The van der Waals surface area contributed by atoms with Crippen molar-refractivity contribution in [1.82, 2.24) is 10.2 Å². The minimum Gasteiger partial charge on any atom is -0.504 e. The van der Waals surface area contributed by atoms with E-state index in [2.05, 4.69) is 10.2 Å². The van der Waals surface area contributed by atoms with Gasteiger partial charge in [0, 0.05) is 24.7 Å². The summed E-state index contributed by atoms with van der Waals surface area (Å²) >= 11 is 0. The van der Waals surface area contributed by atoms with Gasteiger partial charge in [-0.3, -0.25) is 9.69 Å². The Morgan fingerprint density at radius 2 is 2.12 bits per heavy atom. The molecule has 0 spiro atoms. The summed E-state index contributed by atoms with van der Waals surface area (Å²) in [6.07, 6.45) is 1.77. The summed E-state index contributed by atoms with van der Waals surface area (Å²) < 4.78 is 18.9. The van der Waals surface area contributed by atoms with Crippen LogP contribution in [-0.2, 0) is 6.54 Å². The maximum atomic E-state index is 13.9. The highest BCUT2D eigenvalue weighted by molar-refractivity contribution is 5.97. The zero-order valence-corrected chi connectivity index (χ0v) is 14.7. The van der Waals surface area contributed by atoms with Crippen LogP contribution in [0, 0.1) is 5.82 Å². The van der Waals surface area contributed by atoms with Crippen molar-refractivity contribution >= 4 is 5.91 Å². The molecule has 0 radical (unpaired) electrons. The van der Waals surface area contributed by atoms with E-state index in [1.807, 2.05) is 6.07 Å². The van der Waals surface area contributed by atoms with Gasteiger partial charge < -0.3 is 15.2 Å². The fraction of sp³-hybridized carbons (Fsp3) is 0.350. The van der Waals surface area contributed by atoms with Crippen molar-refractivity contribution < 1.29 is 19.0 Å². The number of piperidine rings is 1. The van der Waals surface area contributed by atoms with Gasteiger partial charge in [0.05, 0.1) is 12.7 Å². The molecule has 1 saturated heterocycles. The van der Waals surface area contributed by atoms with E-state index in [9.17, 15) is 14.3 Å². The van der Waals surface area contributed by atoms with Crippen molar-refractivity contribution in [3.63, 3.8) is 0 Å². The van der Waals surface area contributed by atoms with E-state index in [4.69, 9.17) is 4.74 Å². The van der Waals surface area contributed by atoms with E-state index in [0.717, 1.165) is 19.4 Å². The van der Waals surface area contributed by atoms with Crippen LogP contribution in [0.2, 0.25) is 0 Å². The van der Waals surface area contributed by atoms with E-state index in [1.165, 1.54) is 13.2 Å². The second kappa shape index (κ2) is 8.19. The molecule has 138 valence electrons. The van der Waals surface area contributed by atoms with Gasteiger partial charge >= 0.3 is 0 Å². The van der Waals surface area contributed by atoms with Gasteiger partial charge in [0.2, 0.25) is 0 Å². The van der Waals surface area contributed by atoms with Crippen molar-refractivity contribution in [2.24, 2.45) is 0 Å². The van der Waals surface area contributed by atoms with Crippen molar-refractivity contribution in [1.29, 1.82) is 0 Å². The van der Waals surface area contributed by atoms with E-state index in [0.29, 0.717) is 18.7 Å². The number of rotatable bonds is 5. The number of benzene rings is 2. The molecule has 2 aromatic carbocycles. The van der Waals surface area contributed by atoms with Crippen LogP contribution in [-0.4, -0.2) is 42.2 Å². The number of para-hydroxylation sites is 1. The number of phenols is 1. The van der Waals surface area contributed by atoms with Crippen LogP contribution >= 0.6 is 0 Å². The lowest BCUT2D eigenvalue weighted by Gasteiger charge is -2.33. The Morgan fingerprint density at radius 1 is 1.31 bits per heavy atom. The Hall–Kier alpha value is -2.60. The monoisotopic (exact) mass is 358 g/mol. The maximum Gasteiger partial charge on any atom is 0.255 e. The average Bonchev–Trinajstić information content (AvgIpc) is 2.64. The molecule has 1 aliphatic heterocycles. The number of amides is 1. The third-order valence-corrected chi connectivity index (χ3v) is 4.66. The van der Waals surface area contributed by atoms with Gasteiger partial charge in [0.1, 0.15) is 5.82 Å². The van der Waals surface area contributed by atoms with E-state index in [-0.39, 0.29) is 34.8 Å². The number of halogens is 1. The molecule has 0 aromatic heterocycles. The molecule has 2 aromatic rings. The van der Waals surface area contributed by atoms with E-state index in [1.54, 1.807) is 30.3 Å². The Balaban J connectivity index is 1.63. The Bertz CT molecular complexity index is 781. The lowest BCUT2D eigenvalue weighted by atomic mass is 10.0. The first-order valence-corrected chi connectivity index (χ1v) is 8.71. The van der Waals surface area contributed by atoms with Gasteiger partial charge in [-0.25, -0.2) is 4.39 Å². The molecular weight excluding hydrogens is 335 g/mol. The first kappa shape index (κ1) is 18.2. The number of nitrogens with one attached hydrogen (secondary N) is 1. The van der Waals surface area contributed by atoms with Crippen molar-refractivity contribution in [2.75, 3.05) is 20.2 Å². The highest BCUT2D eigenvalue weighted by atomic mass is 19.1. The Morgan fingerprint density at radius 3 is 2.88 bits per heavy atom. The molecule has 1 atom stereocenters. The van der Waals surface area contributed by atoms with Gasteiger partial charge in [-0.05, 0) is 37.6 Å². The van der Waals surface area contributed by atoms with Crippen LogP contribution in [0.25, 0.3) is 0 Å². The SMILES string of the molecule is COc1cccc(C(=O)N[C@@H]2CCCN(Cc3ccccc3F)C2)c1O. The molecule has 2 N–H and O–H groups in total. The average molecular weight is 358 g/mol. The number of phenolic OH excluding ortho intramolecular Hbond substituents is 1. The molecule has 3 rings (SSSR count). The fourth-order valence-electron chi connectivity index (χ4n) is 3.32. The predicted molar refractivity (Wildman–Crippen MR) is 96.8 cm³/mol. The molecule has 0 aliphatic carbocycles. The number of hydrogen-bond acceptors (Lipinski definition) is 4. The first-order valence-electron chi connectivity index (χ1n) is 8.71. The van der Waals surface area contributed by atoms with Gasteiger partial charge in [-0.15, -0.1) is 0 Å². The summed E-state index contributed by atoms with van der Waals surface area (Å²) in [5.41, 5.74) is 0.848. The number of ether oxygens (including phenoxy) is 1. The van der Waals surface area contributed by atoms with Gasteiger partial charge in [0.15, 0.2) is 11.5 Å². The molecule has 1 aliphatic rings. The van der Waals surface area contributed by atoms with Crippen LogP contribution in [0.5, 0.6) is 11.5 Å². The molecule has 5 nitrogen and oxygen atoms in total. The number of aromatic hydroxyl groups is 1. The minimum atomic E-state index is -0.334. The summed E-state index contributed by atoms with van der Waals surface area (Å²) in [4.78, 5) is 14.7. The second-order valence-corrected chi connectivity index (χ2v) is 6.50. The Labute approximate surface area is 152 Å². The summed E-state index contributed by atoms with van der Waals surface area (Å²) in [7, 11) is 1.44. The third-order valence-electron chi connectivity index (χ3n) is 4.66. The van der Waals surface area contributed by atoms with Gasteiger partial charge in [-0.1, -0.05) is 24.3 Å². The molecule has 0 unspecified atom stereocenters. The summed E-state index contributed by atoms with van der Waals surface area (Å²) in [6.45, 7) is 2.03. The third kappa shape index (κ3) is 4.14. The molecule has 0 bridgehead atoms. The second-order valence-electron chi connectivity index (χ2n) is 6.50. The zero-order valence-electron chi connectivity index (χ0n) is 14.7. The number of methoxy groups -OCH3 is 1. The molecule has 0 saturated carbocycles. The lowest BCUT2D eigenvalue weighted by Crippen LogP contribution is -2.47. The van der Waals surface area contributed by atoms with Crippen LogP contribution < -0.4 is 10.1 Å². The number of carbonyl (C=O) groups is 1. The number of likely N-dealkylation sites (tertiary alicyclic amines) is 1. The molecule has 6 heteroatoms. The topological polar surface area (TPSA) is 61.8 Å². The summed E-state index contributed by atoms with van der Waals surface area (Å²) in [5, 5.41) is 13.1. The number of carbonyl (C=O) groups excluding carboxylic acids is 1. The first-order chi connectivity index (χ1) is 12.6. The number of hydrogen-bond donors (Lipinski definition) is 2. The highest BCUT2D eigenvalue weighted by Gasteiger charge is 2.24. The molecular formula is C20H23FN2O3.